The van der Waals surface area contributed by atoms with Gasteiger partial charge in [0, 0.05) is 49.1 Å². The van der Waals surface area contributed by atoms with Gasteiger partial charge < -0.3 is 9.13 Å². The van der Waals surface area contributed by atoms with E-state index in [1.807, 2.05) is 60.7 Å². The molecule has 12 aromatic rings. The number of hydrogen-bond acceptors (Lipinski definition) is 3. The molecule has 6 heteroatoms. The average Bonchev–Trinajstić information content (AvgIpc) is 3.92. The van der Waals surface area contributed by atoms with Crippen molar-refractivity contribution >= 4 is 65.4 Å². The van der Waals surface area contributed by atoms with Crippen LogP contribution in [0.15, 0.2) is 194 Å². The standard InChI is InChI=1S/C51H32N6/c1-3-16-33(17-4-1)49-52-50(34-18-5-2-6-19-34)54-51(53-49)57-43-26-13-9-22-38(43)40-32-35(30-31-45(40)57)55-44-27-14-10-23-39(44)48-46(55)28-15-29-47(48)56-41-24-11-7-20-36(41)37-21-8-12-25-42(37)56/h1-32H. The highest BCUT2D eigenvalue weighted by atomic mass is 15.2. The molecule has 0 N–H and O–H groups in total. The molecule has 0 unspecified atom stereocenters. The number of para-hydroxylation sites is 4. The Morgan fingerprint density at radius 1 is 0.298 bits per heavy atom. The molecule has 0 aliphatic heterocycles. The molecule has 0 bridgehead atoms. The summed E-state index contributed by atoms with van der Waals surface area (Å²) in [6, 6.07) is 68.5. The molecular weight excluding hydrogens is 697 g/mol. The van der Waals surface area contributed by atoms with Gasteiger partial charge in [-0.2, -0.15) is 9.97 Å². The van der Waals surface area contributed by atoms with Crippen LogP contribution < -0.4 is 0 Å². The smallest absolute Gasteiger partial charge is 0.238 e. The van der Waals surface area contributed by atoms with E-state index in [9.17, 15) is 0 Å². The first-order valence-electron chi connectivity index (χ1n) is 19.2. The molecule has 0 atom stereocenters. The van der Waals surface area contributed by atoms with Gasteiger partial charge in [0.25, 0.3) is 0 Å². The van der Waals surface area contributed by atoms with Crippen LogP contribution in [0.25, 0.3) is 106 Å². The Labute approximate surface area is 327 Å². The molecule has 0 radical (unpaired) electrons. The van der Waals surface area contributed by atoms with Crippen LogP contribution in [0.4, 0.5) is 0 Å². The summed E-state index contributed by atoms with van der Waals surface area (Å²) in [4.78, 5) is 15.2. The second kappa shape index (κ2) is 12.3. The summed E-state index contributed by atoms with van der Waals surface area (Å²) in [5.74, 6) is 1.84. The van der Waals surface area contributed by atoms with E-state index in [1.54, 1.807) is 0 Å². The highest BCUT2D eigenvalue weighted by molar-refractivity contribution is 6.17. The fourth-order valence-corrected chi connectivity index (χ4v) is 8.86. The van der Waals surface area contributed by atoms with Crippen molar-refractivity contribution in [3.63, 3.8) is 0 Å². The second-order valence-electron chi connectivity index (χ2n) is 14.5. The fourth-order valence-electron chi connectivity index (χ4n) is 8.86. The maximum atomic E-state index is 5.14. The third-order valence-electron chi connectivity index (χ3n) is 11.3. The van der Waals surface area contributed by atoms with Gasteiger partial charge in [0.15, 0.2) is 11.6 Å². The van der Waals surface area contributed by atoms with E-state index in [-0.39, 0.29) is 0 Å². The summed E-state index contributed by atoms with van der Waals surface area (Å²) in [5.41, 5.74) is 10.9. The van der Waals surface area contributed by atoms with Crippen LogP contribution in [0, 0.1) is 0 Å². The Hall–Kier alpha value is -7.83. The zero-order chi connectivity index (χ0) is 37.5. The Bertz CT molecular complexity index is 3410. The van der Waals surface area contributed by atoms with Gasteiger partial charge in [-0.25, -0.2) is 4.98 Å². The topological polar surface area (TPSA) is 53.5 Å². The van der Waals surface area contributed by atoms with Crippen LogP contribution in [0.1, 0.15) is 0 Å². The summed E-state index contributed by atoms with van der Waals surface area (Å²) < 4.78 is 7.03. The molecule has 57 heavy (non-hydrogen) atoms. The summed E-state index contributed by atoms with van der Waals surface area (Å²) in [6.45, 7) is 0. The van der Waals surface area contributed by atoms with Gasteiger partial charge in [0.2, 0.25) is 5.95 Å². The highest BCUT2D eigenvalue weighted by Gasteiger charge is 2.22. The summed E-state index contributed by atoms with van der Waals surface area (Å²) in [6.07, 6.45) is 0. The van der Waals surface area contributed by atoms with Crippen molar-refractivity contribution in [2.45, 2.75) is 0 Å². The lowest BCUT2D eigenvalue weighted by Crippen LogP contribution is -2.06. The summed E-state index contributed by atoms with van der Waals surface area (Å²) >= 11 is 0. The first kappa shape index (κ1) is 31.5. The van der Waals surface area contributed by atoms with Crippen LogP contribution in [-0.2, 0) is 0 Å². The second-order valence-corrected chi connectivity index (χ2v) is 14.5. The van der Waals surface area contributed by atoms with E-state index < -0.39 is 0 Å². The number of aromatic nitrogens is 6. The minimum absolute atomic E-state index is 0.578. The van der Waals surface area contributed by atoms with Gasteiger partial charge in [-0.1, -0.05) is 140 Å². The normalized spacial score (nSPS) is 11.9. The average molecular weight is 729 g/mol. The van der Waals surface area contributed by atoms with E-state index in [4.69, 9.17) is 15.0 Å². The molecule has 0 amide bonds. The number of nitrogens with zero attached hydrogens (tertiary/aromatic N) is 6. The SMILES string of the molecule is c1ccc(-c2nc(-c3ccccc3)nc(-n3c4ccccc4c4cc(-n5c6ccccc6c6c(-n7c8ccccc8c8ccccc87)cccc65)ccc43)n2)cc1. The summed E-state index contributed by atoms with van der Waals surface area (Å²) in [5, 5.41) is 7.18. The zero-order valence-electron chi connectivity index (χ0n) is 30.7. The molecule has 6 nitrogen and oxygen atoms in total. The van der Waals surface area contributed by atoms with Gasteiger partial charge in [0.05, 0.1) is 38.8 Å². The molecule has 0 aliphatic carbocycles. The molecule has 0 aliphatic rings. The van der Waals surface area contributed by atoms with Crippen molar-refractivity contribution in [2.24, 2.45) is 0 Å². The quantitative estimate of drug-likeness (QED) is 0.177. The Morgan fingerprint density at radius 2 is 0.754 bits per heavy atom. The third kappa shape index (κ3) is 4.74. The zero-order valence-corrected chi connectivity index (χ0v) is 30.7. The van der Waals surface area contributed by atoms with Crippen LogP contribution in [0.3, 0.4) is 0 Å². The molecule has 4 aromatic heterocycles. The monoisotopic (exact) mass is 728 g/mol. The number of rotatable bonds is 5. The van der Waals surface area contributed by atoms with E-state index in [1.165, 1.54) is 32.6 Å². The predicted octanol–water partition coefficient (Wildman–Crippen LogP) is 12.5. The van der Waals surface area contributed by atoms with Crippen molar-refractivity contribution in [3.05, 3.63) is 194 Å². The van der Waals surface area contributed by atoms with Gasteiger partial charge in [-0.15, -0.1) is 0 Å². The first-order valence-corrected chi connectivity index (χ1v) is 19.2. The minimum Gasteiger partial charge on any atom is -0.309 e. The van der Waals surface area contributed by atoms with Crippen LogP contribution in [-0.4, -0.2) is 28.7 Å². The highest BCUT2D eigenvalue weighted by Crippen LogP contribution is 2.41. The fraction of sp³-hybridized carbons (Fsp3) is 0. The van der Waals surface area contributed by atoms with E-state index in [2.05, 4.69) is 147 Å². The largest absolute Gasteiger partial charge is 0.309 e. The molecular formula is C51H32N6. The molecule has 0 saturated heterocycles. The van der Waals surface area contributed by atoms with Gasteiger partial charge in [0.1, 0.15) is 0 Å². The van der Waals surface area contributed by atoms with Gasteiger partial charge in [-0.05, 0) is 54.6 Å². The number of hydrogen-bond donors (Lipinski definition) is 0. The maximum absolute atomic E-state index is 5.14. The molecule has 0 saturated carbocycles. The van der Waals surface area contributed by atoms with Crippen molar-refractivity contribution in [3.8, 4) is 40.1 Å². The predicted molar refractivity (Wildman–Crippen MR) is 234 cm³/mol. The molecule has 0 spiro atoms. The van der Waals surface area contributed by atoms with Crippen molar-refractivity contribution in [1.29, 1.82) is 0 Å². The first-order chi connectivity index (χ1) is 28.3. The molecule has 8 aromatic carbocycles. The van der Waals surface area contributed by atoms with Crippen molar-refractivity contribution < 1.29 is 0 Å². The lowest BCUT2D eigenvalue weighted by atomic mass is 10.1. The Kier molecular flexibility index (Phi) is 6.83. The van der Waals surface area contributed by atoms with Gasteiger partial charge >= 0.3 is 0 Å². The lowest BCUT2D eigenvalue weighted by Gasteiger charge is -2.12. The van der Waals surface area contributed by atoms with Gasteiger partial charge in [-0.3, -0.25) is 4.57 Å². The molecule has 0 fully saturated rings. The van der Waals surface area contributed by atoms with Crippen LogP contribution in [0.5, 0.6) is 0 Å². The van der Waals surface area contributed by atoms with E-state index in [0.717, 1.165) is 55.3 Å². The summed E-state index contributed by atoms with van der Waals surface area (Å²) in [7, 11) is 0. The minimum atomic E-state index is 0.578. The molecule has 4 heterocycles. The molecule has 12 rings (SSSR count). The number of fused-ring (bicyclic) bond motifs is 9. The third-order valence-corrected chi connectivity index (χ3v) is 11.3. The van der Waals surface area contributed by atoms with E-state index >= 15 is 0 Å². The van der Waals surface area contributed by atoms with Crippen LogP contribution >= 0.6 is 0 Å². The van der Waals surface area contributed by atoms with Crippen molar-refractivity contribution in [2.75, 3.05) is 0 Å². The lowest BCUT2D eigenvalue weighted by molar-refractivity contribution is 0.953. The molecule has 266 valence electrons. The Balaban J connectivity index is 1.11. The van der Waals surface area contributed by atoms with Crippen LogP contribution in [0.2, 0.25) is 0 Å². The number of benzene rings is 8. The Morgan fingerprint density at radius 3 is 1.35 bits per heavy atom. The van der Waals surface area contributed by atoms with E-state index in [0.29, 0.717) is 17.6 Å². The maximum Gasteiger partial charge on any atom is 0.238 e. The van der Waals surface area contributed by atoms with Crippen molar-refractivity contribution in [1.82, 2.24) is 28.7 Å².